The maximum Gasteiger partial charge on any atom is 0.251 e. The van der Waals surface area contributed by atoms with Crippen molar-refractivity contribution in [2.45, 2.75) is 69.2 Å². The number of rotatable bonds is 2. The van der Waals surface area contributed by atoms with E-state index in [1.807, 2.05) is 11.9 Å². The van der Waals surface area contributed by atoms with Crippen LogP contribution in [0, 0.1) is 0 Å². The highest BCUT2D eigenvalue weighted by Crippen LogP contribution is 2.39. The van der Waals surface area contributed by atoms with Gasteiger partial charge >= 0.3 is 0 Å². The van der Waals surface area contributed by atoms with E-state index in [9.17, 15) is 4.79 Å². The van der Waals surface area contributed by atoms with Crippen molar-refractivity contribution in [3.63, 3.8) is 0 Å². The normalized spacial score (nSPS) is 31.6. The van der Waals surface area contributed by atoms with Crippen LogP contribution < -0.4 is 4.74 Å². The number of nitrogens with zero attached hydrogens (tertiary/aromatic N) is 2. The fraction of sp³-hybridized carbons (Fsp3) is 0.682. The fourth-order valence-corrected chi connectivity index (χ4v) is 4.96. The van der Waals surface area contributed by atoms with Gasteiger partial charge in [0.2, 0.25) is 0 Å². The van der Waals surface area contributed by atoms with Gasteiger partial charge in [0.1, 0.15) is 17.5 Å². The molecular formula is C22H32N2O3. The van der Waals surface area contributed by atoms with E-state index in [0.717, 1.165) is 70.4 Å². The third kappa shape index (κ3) is 3.99. The van der Waals surface area contributed by atoms with Gasteiger partial charge in [0.25, 0.3) is 5.91 Å². The number of hydrogen-bond donors (Lipinski definition) is 0. The first-order chi connectivity index (χ1) is 13.1. The van der Waals surface area contributed by atoms with E-state index >= 15 is 0 Å². The average Bonchev–Trinajstić information content (AvgIpc) is 2.83. The number of carbonyl (C=O) groups excluding carboxylic acids is 1. The molecular weight excluding hydrogens is 340 g/mol. The maximum absolute atomic E-state index is 12.8. The minimum Gasteiger partial charge on any atom is -0.486 e. The Hall–Kier alpha value is -1.59. The molecule has 1 aromatic carbocycles. The highest BCUT2D eigenvalue weighted by atomic mass is 16.5. The highest BCUT2D eigenvalue weighted by Gasteiger charge is 2.42. The van der Waals surface area contributed by atoms with Gasteiger partial charge in [0, 0.05) is 38.3 Å². The molecule has 1 aliphatic carbocycles. The van der Waals surface area contributed by atoms with E-state index in [1.54, 1.807) is 0 Å². The molecule has 1 amide bonds. The van der Waals surface area contributed by atoms with Gasteiger partial charge in [-0.3, -0.25) is 9.69 Å². The van der Waals surface area contributed by atoms with Crippen molar-refractivity contribution in [2.24, 2.45) is 0 Å². The van der Waals surface area contributed by atoms with Crippen molar-refractivity contribution in [3.05, 3.63) is 29.8 Å². The molecule has 0 bridgehead atoms. The standard InChI is InChI=1S/C22H32N2O3/c1-23-15-17-7-3-4-8-19(17)27-22(16-23)12-10-18(11-13-22)24(2)21(25)20-9-5-6-14-26-20/h3-4,7-8,18,20H,5-6,9-16H2,1-2H3. The topological polar surface area (TPSA) is 42.0 Å². The van der Waals surface area contributed by atoms with E-state index in [1.165, 1.54) is 5.56 Å². The van der Waals surface area contributed by atoms with Gasteiger partial charge in [0.15, 0.2) is 0 Å². The minimum absolute atomic E-state index is 0.136. The molecule has 3 aliphatic rings. The zero-order valence-corrected chi connectivity index (χ0v) is 16.7. The van der Waals surface area contributed by atoms with Crippen molar-refractivity contribution in [2.75, 3.05) is 27.2 Å². The van der Waals surface area contributed by atoms with Crippen molar-refractivity contribution < 1.29 is 14.3 Å². The Kier molecular flexibility index (Phi) is 5.42. The summed E-state index contributed by atoms with van der Waals surface area (Å²) < 4.78 is 12.3. The smallest absolute Gasteiger partial charge is 0.251 e. The largest absolute Gasteiger partial charge is 0.486 e. The van der Waals surface area contributed by atoms with Gasteiger partial charge in [-0.05, 0) is 58.1 Å². The molecule has 0 aromatic heterocycles. The van der Waals surface area contributed by atoms with E-state index < -0.39 is 0 Å². The summed E-state index contributed by atoms with van der Waals surface area (Å²) in [5.74, 6) is 1.19. The molecule has 27 heavy (non-hydrogen) atoms. The third-order valence-corrected chi connectivity index (χ3v) is 6.51. The van der Waals surface area contributed by atoms with Crippen molar-refractivity contribution in [1.29, 1.82) is 0 Å². The zero-order valence-electron chi connectivity index (χ0n) is 16.7. The van der Waals surface area contributed by atoms with E-state index in [2.05, 4.69) is 36.2 Å². The predicted molar refractivity (Wildman–Crippen MR) is 105 cm³/mol. The minimum atomic E-state index is -0.230. The molecule has 2 fully saturated rings. The molecule has 2 heterocycles. The Morgan fingerprint density at radius 2 is 1.96 bits per heavy atom. The third-order valence-electron chi connectivity index (χ3n) is 6.51. The first kappa shape index (κ1) is 18.8. The monoisotopic (exact) mass is 372 g/mol. The molecule has 1 saturated heterocycles. The van der Waals surface area contributed by atoms with Crippen molar-refractivity contribution in [3.8, 4) is 5.75 Å². The SMILES string of the molecule is CN1Cc2ccccc2OC2(CCC(N(C)C(=O)C3CCCCO3)CC2)C1. The fourth-order valence-electron chi connectivity index (χ4n) is 4.96. The molecule has 2 aliphatic heterocycles. The average molecular weight is 373 g/mol. The molecule has 1 aromatic rings. The van der Waals surface area contributed by atoms with Gasteiger partial charge < -0.3 is 14.4 Å². The lowest BCUT2D eigenvalue weighted by molar-refractivity contribution is -0.149. The molecule has 5 heteroatoms. The summed E-state index contributed by atoms with van der Waals surface area (Å²) >= 11 is 0. The summed E-state index contributed by atoms with van der Waals surface area (Å²) in [5.41, 5.74) is 1.13. The molecule has 1 atom stereocenters. The predicted octanol–water partition coefficient (Wildman–Crippen LogP) is 3.22. The Labute approximate surface area is 162 Å². The number of hydrogen-bond acceptors (Lipinski definition) is 4. The van der Waals surface area contributed by atoms with Gasteiger partial charge in [-0.1, -0.05) is 18.2 Å². The first-order valence-electron chi connectivity index (χ1n) is 10.4. The van der Waals surface area contributed by atoms with Crippen LogP contribution in [0.25, 0.3) is 0 Å². The van der Waals surface area contributed by atoms with Crippen LogP contribution in [0.1, 0.15) is 50.5 Å². The number of likely N-dealkylation sites (N-methyl/N-ethyl adjacent to an activating group) is 2. The Bertz CT molecular complexity index is 663. The number of ether oxygens (including phenoxy) is 2. The molecule has 1 unspecified atom stereocenters. The molecule has 1 spiro atoms. The summed E-state index contributed by atoms with van der Waals surface area (Å²) in [7, 11) is 4.13. The number of carbonyl (C=O) groups is 1. The van der Waals surface area contributed by atoms with Crippen LogP contribution in [0.2, 0.25) is 0 Å². The second kappa shape index (κ2) is 7.80. The van der Waals surface area contributed by atoms with E-state index in [4.69, 9.17) is 9.47 Å². The van der Waals surface area contributed by atoms with Gasteiger partial charge in [-0.25, -0.2) is 0 Å². The summed E-state index contributed by atoms with van der Waals surface area (Å²) in [4.78, 5) is 17.1. The summed E-state index contributed by atoms with van der Waals surface area (Å²) in [6, 6.07) is 8.69. The Morgan fingerprint density at radius 3 is 2.70 bits per heavy atom. The molecule has 1 saturated carbocycles. The van der Waals surface area contributed by atoms with Crippen LogP contribution in [0.15, 0.2) is 24.3 Å². The molecule has 148 valence electrons. The first-order valence-corrected chi connectivity index (χ1v) is 10.4. The molecule has 4 rings (SSSR count). The lowest BCUT2D eigenvalue weighted by Crippen LogP contribution is -2.52. The van der Waals surface area contributed by atoms with Crippen molar-refractivity contribution in [1.82, 2.24) is 9.80 Å². The summed E-state index contributed by atoms with van der Waals surface area (Å²) in [6.45, 7) is 2.59. The van der Waals surface area contributed by atoms with Gasteiger partial charge in [-0.2, -0.15) is 0 Å². The molecule has 5 nitrogen and oxygen atoms in total. The van der Waals surface area contributed by atoms with E-state index in [-0.39, 0.29) is 17.6 Å². The lowest BCUT2D eigenvalue weighted by atomic mass is 9.81. The number of amides is 1. The second-order valence-electron chi connectivity index (χ2n) is 8.60. The number of benzene rings is 1. The highest BCUT2D eigenvalue weighted by molar-refractivity contribution is 5.81. The van der Waals surface area contributed by atoms with Gasteiger partial charge in [0.05, 0.1) is 0 Å². The summed E-state index contributed by atoms with van der Waals surface area (Å²) in [6.07, 6.45) is 6.76. The van der Waals surface area contributed by atoms with Crippen LogP contribution in [0.3, 0.4) is 0 Å². The maximum atomic E-state index is 12.8. The van der Waals surface area contributed by atoms with Crippen LogP contribution in [-0.4, -0.2) is 60.7 Å². The lowest BCUT2D eigenvalue weighted by Gasteiger charge is -2.43. The van der Waals surface area contributed by atoms with Gasteiger partial charge in [-0.15, -0.1) is 0 Å². The van der Waals surface area contributed by atoms with Crippen LogP contribution in [0.4, 0.5) is 0 Å². The van der Waals surface area contributed by atoms with E-state index in [0.29, 0.717) is 6.04 Å². The molecule has 0 N–H and O–H groups in total. The quantitative estimate of drug-likeness (QED) is 0.799. The zero-order chi connectivity index (χ0) is 18.9. The number of para-hydroxylation sites is 1. The molecule has 0 radical (unpaired) electrons. The Balaban J connectivity index is 1.41. The second-order valence-corrected chi connectivity index (χ2v) is 8.60. The Morgan fingerprint density at radius 1 is 1.19 bits per heavy atom. The summed E-state index contributed by atoms with van der Waals surface area (Å²) in [5, 5.41) is 0. The van der Waals surface area contributed by atoms with Crippen molar-refractivity contribution >= 4 is 5.91 Å². The number of fused-ring (bicyclic) bond motifs is 1. The van der Waals surface area contributed by atoms with Crippen LogP contribution >= 0.6 is 0 Å². The van der Waals surface area contributed by atoms with Crippen LogP contribution in [0.5, 0.6) is 5.75 Å². The van der Waals surface area contributed by atoms with Crippen LogP contribution in [-0.2, 0) is 16.1 Å².